The fourth-order valence-corrected chi connectivity index (χ4v) is 2.86. The van der Waals surface area contributed by atoms with Gasteiger partial charge in [0.2, 0.25) is 0 Å². The summed E-state index contributed by atoms with van der Waals surface area (Å²) in [7, 11) is 0. The number of aromatic amines is 1. The minimum atomic E-state index is 1.01. The highest BCUT2D eigenvalue weighted by Crippen LogP contribution is 2.24. The van der Waals surface area contributed by atoms with Crippen molar-refractivity contribution >= 4 is 39.1 Å². The van der Waals surface area contributed by atoms with Crippen LogP contribution in [-0.4, -0.2) is 4.98 Å². The topological polar surface area (TPSA) is 15.8 Å². The van der Waals surface area contributed by atoms with Crippen LogP contribution in [0.2, 0.25) is 0 Å². The molecule has 0 amide bonds. The number of aryl methyl sites for hydroxylation is 1. The van der Waals surface area contributed by atoms with Gasteiger partial charge in [-0.3, -0.25) is 0 Å². The molecule has 0 spiro atoms. The van der Waals surface area contributed by atoms with Crippen molar-refractivity contribution in [3.8, 4) is 0 Å². The van der Waals surface area contributed by atoms with Gasteiger partial charge in [-0.15, -0.1) is 0 Å². The Hall–Kier alpha value is -0.670. The molecule has 90 valence electrons. The Kier molecular flexibility index (Phi) is 4.00. The third-order valence-electron chi connectivity index (χ3n) is 3.06. The molecule has 2 rings (SSSR count). The highest BCUT2D eigenvalue weighted by atomic mass is 79.9. The second-order valence-electron chi connectivity index (χ2n) is 4.35. The van der Waals surface area contributed by atoms with E-state index >= 15 is 0 Å². The fraction of sp³-hybridized carbons (Fsp3) is 0.357. The molecule has 1 aromatic heterocycles. The van der Waals surface area contributed by atoms with Crippen molar-refractivity contribution in [3.05, 3.63) is 38.4 Å². The first-order valence-electron chi connectivity index (χ1n) is 5.94. The van der Waals surface area contributed by atoms with Crippen molar-refractivity contribution in [2.75, 3.05) is 0 Å². The number of fused-ring (bicyclic) bond motifs is 1. The van der Waals surface area contributed by atoms with Crippen LogP contribution >= 0.6 is 28.1 Å². The standard InChI is InChI=1S/C14H16BrNS/c1-3-4-5-11-9(2)16-13-7-6-10(15)8-12(13)14(11)17/h6-8H,3-5H2,1-2H3,(H,16,17). The number of hydrogen-bond donors (Lipinski definition) is 1. The molecule has 0 aliphatic carbocycles. The molecule has 0 aliphatic rings. The molecule has 1 aromatic carbocycles. The predicted molar refractivity (Wildman–Crippen MR) is 80.2 cm³/mol. The SMILES string of the molecule is CCCCc1c(C)[nH]c2ccc(Br)cc2c1=S. The first kappa shape index (κ1) is 12.8. The van der Waals surface area contributed by atoms with E-state index in [0.29, 0.717) is 0 Å². The summed E-state index contributed by atoms with van der Waals surface area (Å²) in [6.07, 6.45) is 3.46. The van der Waals surface area contributed by atoms with Crippen molar-refractivity contribution in [1.29, 1.82) is 0 Å². The maximum absolute atomic E-state index is 5.61. The molecule has 3 heteroatoms. The first-order valence-corrected chi connectivity index (χ1v) is 7.14. The summed E-state index contributed by atoms with van der Waals surface area (Å²) >= 11 is 9.12. The van der Waals surface area contributed by atoms with E-state index < -0.39 is 0 Å². The highest BCUT2D eigenvalue weighted by Gasteiger charge is 2.06. The lowest BCUT2D eigenvalue weighted by Gasteiger charge is -2.09. The minimum Gasteiger partial charge on any atom is -0.358 e. The Morgan fingerprint density at radius 1 is 1.35 bits per heavy atom. The lowest BCUT2D eigenvalue weighted by atomic mass is 10.0. The van der Waals surface area contributed by atoms with Gasteiger partial charge in [-0.1, -0.05) is 41.5 Å². The van der Waals surface area contributed by atoms with E-state index in [1.165, 1.54) is 24.1 Å². The number of hydrogen-bond acceptors (Lipinski definition) is 1. The lowest BCUT2D eigenvalue weighted by Crippen LogP contribution is -1.96. The maximum Gasteiger partial charge on any atom is 0.0519 e. The zero-order valence-corrected chi connectivity index (χ0v) is 12.5. The van der Waals surface area contributed by atoms with Gasteiger partial charge in [0, 0.05) is 21.1 Å². The Bertz CT molecular complexity index is 601. The molecule has 1 heterocycles. The molecule has 0 atom stereocenters. The highest BCUT2D eigenvalue weighted by molar-refractivity contribution is 9.10. The largest absolute Gasteiger partial charge is 0.358 e. The quantitative estimate of drug-likeness (QED) is 0.760. The smallest absolute Gasteiger partial charge is 0.0519 e. The Labute approximate surface area is 115 Å². The van der Waals surface area contributed by atoms with Crippen LogP contribution in [0.1, 0.15) is 31.0 Å². The molecule has 0 unspecified atom stereocenters. The van der Waals surface area contributed by atoms with E-state index in [1.807, 2.05) is 6.07 Å². The van der Waals surface area contributed by atoms with Crippen LogP contribution in [0.25, 0.3) is 10.9 Å². The predicted octanol–water partition coefficient (Wildman–Crippen LogP) is 5.31. The van der Waals surface area contributed by atoms with Gasteiger partial charge in [-0.2, -0.15) is 0 Å². The molecule has 2 aromatic rings. The minimum absolute atomic E-state index is 1.01. The molecule has 17 heavy (non-hydrogen) atoms. The number of pyridine rings is 1. The molecule has 1 nitrogen and oxygen atoms in total. The van der Waals surface area contributed by atoms with Crippen molar-refractivity contribution in [3.63, 3.8) is 0 Å². The number of unbranched alkanes of at least 4 members (excludes halogenated alkanes) is 1. The van der Waals surface area contributed by atoms with Crippen LogP contribution < -0.4 is 0 Å². The lowest BCUT2D eigenvalue weighted by molar-refractivity contribution is 0.787. The van der Waals surface area contributed by atoms with Crippen molar-refractivity contribution < 1.29 is 0 Å². The van der Waals surface area contributed by atoms with Crippen LogP contribution in [0.3, 0.4) is 0 Å². The summed E-state index contributed by atoms with van der Waals surface area (Å²) in [6.45, 7) is 4.32. The normalized spacial score (nSPS) is 11.0. The number of H-pyrrole nitrogens is 1. The molecular formula is C14H16BrNS. The van der Waals surface area contributed by atoms with Gasteiger partial charge >= 0.3 is 0 Å². The van der Waals surface area contributed by atoms with E-state index in [1.54, 1.807) is 0 Å². The summed E-state index contributed by atoms with van der Waals surface area (Å²) in [6, 6.07) is 6.22. The van der Waals surface area contributed by atoms with Gasteiger partial charge in [-0.05, 0) is 43.5 Å². The summed E-state index contributed by atoms with van der Waals surface area (Å²) in [5, 5.41) is 1.14. The molecule has 0 aliphatic heterocycles. The van der Waals surface area contributed by atoms with Crippen molar-refractivity contribution in [2.45, 2.75) is 33.1 Å². The molecule has 0 saturated carbocycles. The van der Waals surface area contributed by atoms with E-state index in [2.05, 4.69) is 46.9 Å². The van der Waals surface area contributed by atoms with Crippen LogP contribution in [0.15, 0.2) is 22.7 Å². The van der Waals surface area contributed by atoms with E-state index in [9.17, 15) is 0 Å². The summed E-state index contributed by atoms with van der Waals surface area (Å²) in [4.78, 5) is 3.45. The van der Waals surface area contributed by atoms with E-state index in [4.69, 9.17) is 12.2 Å². The molecule has 0 fully saturated rings. The number of rotatable bonds is 3. The van der Waals surface area contributed by atoms with E-state index in [0.717, 1.165) is 26.3 Å². The number of benzene rings is 1. The molecule has 0 radical (unpaired) electrons. The first-order chi connectivity index (χ1) is 8.13. The van der Waals surface area contributed by atoms with Gasteiger partial charge in [0.05, 0.1) is 4.51 Å². The number of halogens is 1. The van der Waals surface area contributed by atoms with Gasteiger partial charge < -0.3 is 4.98 Å². The van der Waals surface area contributed by atoms with Crippen LogP contribution in [0.4, 0.5) is 0 Å². The van der Waals surface area contributed by atoms with Crippen molar-refractivity contribution in [2.24, 2.45) is 0 Å². The molecule has 1 N–H and O–H groups in total. The van der Waals surface area contributed by atoms with E-state index in [-0.39, 0.29) is 0 Å². The molecular weight excluding hydrogens is 294 g/mol. The van der Waals surface area contributed by atoms with Crippen LogP contribution in [0, 0.1) is 11.4 Å². The second kappa shape index (κ2) is 5.32. The van der Waals surface area contributed by atoms with Crippen molar-refractivity contribution in [1.82, 2.24) is 4.98 Å². The second-order valence-corrected chi connectivity index (χ2v) is 5.68. The number of nitrogens with one attached hydrogen (secondary N) is 1. The van der Waals surface area contributed by atoms with Gasteiger partial charge in [0.15, 0.2) is 0 Å². The Morgan fingerprint density at radius 3 is 2.82 bits per heavy atom. The maximum atomic E-state index is 5.61. The Balaban J connectivity index is 2.65. The number of aromatic nitrogens is 1. The molecule has 0 saturated heterocycles. The summed E-state index contributed by atoms with van der Waals surface area (Å²) in [5.74, 6) is 0. The van der Waals surface area contributed by atoms with Gasteiger partial charge in [-0.25, -0.2) is 0 Å². The third-order valence-corrected chi connectivity index (χ3v) is 4.02. The van der Waals surface area contributed by atoms with Crippen LogP contribution in [-0.2, 0) is 6.42 Å². The van der Waals surface area contributed by atoms with Gasteiger partial charge in [0.25, 0.3) is 0 Å². The van der Waals surface area contributed by atoms with Gasteiger partial charge in [0.1, 0.15) is 0 Å². The average molecular weight is 310 g/mol. The summed E-state index contributed by atoms with van der Waals surface area (Å²) in [5.41, 5.74) is 3.63. The third kappa shape index (κ3) is 2.61. The fourth-order valence-electron chi connectivity index (χ4n) is 2.08. The zero-order chi connectivity index (χ0) is 12.4. The summed E-state index contributed by atoms with van der Waals surface area (Å²) < 4.78 is 2.08. The van der Waals surface area contributed by atoms with Crippen LogP contribution in [0.5, 0.6) is 0 Å². The Morgan fingerprint density at radius 2 is 2.12 bits per heavy atom. The zero-order valence-electron chi connectivity index (χ0n) is 10.1. The molecule has 0 bridgehead atoms. The monoisotopic (exact) mass is 309 g/mol. The average Bonchev–Trinajstić information content (AvgIpc) is 2.30.